The summed E-state index contributed by atoms with van der Waals surface area (Å²) in [4.78, 5) is 0. The molecule has 0 heterocycles. The number of hydrogen-bond acceptors (Lipinski definition) is 2. The third kappa shape index (κ3) is 6.77. The molecule has 0 aliphatic rings. The summed E-state index contributed by atoms with van der Waals surface area (Å²) in [5.41, 5.74) is 4.87. The summed E-state index contributed by atoms with van der Waals surface area (Å²) in [6.07, 6.45) is 2.27. The highest BCUT2D eigenvalue weighted by Gasteiger charge is 2.46. The van der Waals surface area contributed by atoms with Gasteiger partial charge in [-0.2, -0.15) is 0 Å². The van der Waals surface area contributed by atoms with Crippen molar-refractivity contribution in [3.63, 3.8) is 0 Å². The van der Waals surface area contributed by atoms with E-state index in [4.69, 9.17) is 4.12 Å². The fourth-order valence-electron chi connectivity index (χ4n) is 4.17. The first-order valence-corrected chi connectivity index (χ1v) is 17.7. The largest absolute Gasteiger partial charge is 0.444 e. The number of benzene rings is 2. The van der Waals surface area contributed by atoms with Gasteiger partial charge in [-0.05, 0) is 78.9 Å². The van der Waals surface area contributed by atoms with Gasteiger partial charge in [0.2, 0.25) is 0 Å². The Morgan fingerprint density at radius 1 is 0.875 bits per heavy atom. The van der Waals surface area contributed by atoms with Gasteiger partial charge in [0.15, 0.2) is 8.32 Å². The van der Waals surface area contributed by atoms with Crippen LogP contribution in [0.2, 0.25) is 30.7 Å². The molecule has 176 valence electrons. The van der Waals surface area contributed by atoms with E-state index in [0.717, 1.165) is 25.1 Å². The fourth-order valence-corrected chi connectivity index (χ4v) is 13.2. The van der Waals surface area contributed by atoms with Crippen molar-refractivity contribution >= 4 is 22.4 Å². The summed E-state index contributed by atoms with van der Waals surface area (Å²) in [6, 6.07) is 20.6. The van der Waals surface area contributed by atoms with Crippen molar-refractivity contribution in [2.75, 3.05) is 13.1 Å². The molecule has 2 nitrogen and oxygen atoms in total. The monoisotopic (exact) mass is 467 g/mol. The molecule has 0 bridgehead atoms. The van der Waals surface area contributed by atoms with Gasteiger partial charge in [-0.25, -0.2) is 0 Å². The minimum atomic E-state index is -1.97. The Morgan fingerprint density at radius 3 is 1.91 bits per heavy atom. The summed E-state index contributed by atoms with van der Waals surface area (Å²) in [5.74, 6) is 0. The highest BCUT2D eigenvalue weighted by molar-refractivity contribution is 6.85. The molecule has 2 aromatic rings. The van der Waals surface area contributed by atoms with Gasteiger partial charge in [0.1, 0.15) is 0 Å². The average molecular weight is 468 g/mol. The Morgan fingerprint density at radius 2 is 1.41 bits per heavy atom. The Hall–Kier alpha value is -1.47. The van der Waals surface area contributed by atoms with Crippen LogP contribution in [0.5, 0.6) is 0 Å². The van der Waals surface area contributed by atoms with Crippen molar-refractivity contribution in [1.82, 2.24) is 4.57 Å². The maximum atomic E-state index is 7.16. The first-order chi connectivity index (χ1) is 14.9. The van der Waals surface area contributed by atoms with Crippen molar-refractivity contribution < 1.29 is 4.12 Å². The Balaban J connectivity index is 2.06. The van der Waals surface area contributed by atoms with Gasteiger partial charge in [-0.3, -0.25) is 0 Å². The first-order valence-electron chi connectivity index (χ1n) is 12.2. The van der Waals surface area contributed by atoms with Gasteiger partial charge >= 0.3 is 0 Å². The summed E-state index contributed by atoms with van der Waals surface area (Å²) < 4.78 is 9.80. The lowest BCUT2D eigenvalue weighted by atomic mass is 9.98. The number of rotatable bonds is 11. The molecule has 0 amide bonds. The van der Waals surface area contributed by atoms with Crippen LogP contribution in [0.25, 0.3) is 5.57 Å². The zero-order valence-electron chi connectivity index (χ0n) is 21.8. The molecule has 0 aliphatic heterocycles. The van der Waals surface area contributed by atoms with Crippen molar-refractivity contribution in [3.8, 4) is 0 Å². The van der Waals surface area contributed by atoms with Gasteiger partial charge in [-0.15, -0.1) is 0 Å². The van der Waals surface area contributed by atoms with E-state index in [-0.39, 0.29) is 5.04 Å². The van der Waals surface area contributed by atoms with Crippen LogP contribution in [0.4, 0.5) is 0 Å². The van der Waals surface area contributed by atoms with E-state index < -0.39 is 16.8 Å². The van der Waals surface area contributed by atoms with E-state index in [1.165, 1.54) is 29.2 Å². The molecule has 0 N–H and O–H groups in total. The van der Waals surface area contributed by atoms with Crippen LogP contribution < -0.4 is 0 Å². The van der Waals surface area contributed by atoms with Crippen LogP contribution >= 0.6 is 0 Å². The van der Waals surface area contributed by atoms with Crippen LogP contribution in [-0.4, -0.2) is 34.5 Å². The first kappa shape index (κ1) is 26.8. The topological polar surface area (TPSA) is 12.5 Å². The minimum Gasteiger partial charge on any atom is -0.444 e. The Kier molecular flexibility index (Phi) is 9.29. The van der Waals surface area contributed by atoms with Crippen molar-refractivity contribution in [2.24, 2.45) is 0 Å². The van der Waals surface area contributed by atoms with Crippen molar-refractivity contribution in [2.45, 2.75) is 78.2 Å². The molecule has 0 aromatic heterocycles. The number of hydrogen-bond donors (Lipinski definition) is 0. The van der Waals surface area contributed by atoms with Crippen LogP contribution in [0.3, 0.4) is 0 Å². The molecule has 2 aromatic carbocycles. The molecule has 0 radical (unpaired) electrons. The third-order valence-corrected chi connectivity index (χ3v) is 17.9. The van der Waals surface area contributed by atoms with Crippen LogP contribution in [0.15, 0.2) is 61.2 Å². The summed E-state index contributed by atoms with van der Waals surface area (Å²) in [5, 5.41) is 0.241. The smallest absolute Gasteiger partial charge is 0.257 e. The van der Waals surface area contributed by atoms with E-state index in [2.05, 4.69) is 114 Å². The molecule has 0 saturated heterocycles. The Bertz CT molecular complexity index is 851. The lowest BCUT2D eigenvalue weighted by molar-refractivity contribution is 0.350. The fraction of sp³-hybridized carbons (Fsp3) is 0.500. The molecule has 0 fully saturated rings. The molecule has 0 saturated carbocycles. The van der Waals surface area contributed by atoms with Gasteiger partial charge < -0.3 is 8.68 Å². The molecule has 1 atom stereocenters. The normalized spacial score (nSPS) is 14.4. The molecule has 32 heavy (non-hydrogen) atoms. The lowest BCUT2D eigenvalue weighted by Gasteiger charge is -2.47. The zero-order valence-corrected chi connectivity index (χ0v) is 23.8. The maximum absolute atomic E-state index is 7.16. The highest BCUT2D eigenvalue weighted by atomic mass is 28.4. The van der Waals surface area contributed by atoms with E-state index in [9.17, 15) is 0 Å². The maximum Gasteiger partial charge on any atom is 0.257 e. The van der Waals surface area contributed by atoms with Gasteiger partial charge in [0.25, 0.3) is 8.48 Å². The van der Waals surface area contributed by atoms with Gasteiger partial charge in [0.05, 0.1) is 0 Å². The Labute approximate surface area is 200 Å². The SMILES string of the molecule is C=C(c1ccccc1)c1ccc(CCC[Si](C)(O[Si](C)(C)C(C)(C)C)N(CC)CC)cc1. The minimum absolute atomic E-state index is 0.241. The van der Waals surface area contributed by atoms with Crippen molar-refractivity contribution in [1.29, 1.82) is 0 Å². The molecule has 4 heteroatoms. The van der Waals surface area contributed by atoms with E-state index in [0.29, 0.717) is 0 Å². The zero-order chi connectivity index (χ0) is 24.0. The quantitative estimate of drug-likeness (QED) is 0.309. The lowest BCUT2D eigenvalue weighted by Crippen LogP contribution is -2.60. The summed E-state index contributed by atoms with van der Waals surface area (Å²) in [7, 11) is -3.78. The van der Waals surface area contributed by atoms with E-state index >= 15 is 0 Å². The third-order valence-electron chi connectivity index (χ3n) is 7.24. The van der Waals surface area contributed by atoms with E-state index in [1.807, 2.05) is 6.07 Å². The molecule has 0 spiro atoms. The molecule has 2 rings (SSSR count). The average Bonchev–Trinajstić information content (AvgIpc) is 2.74. The predicted molar refractivity (Wildman–Crippen MR) is 147 cm³/mol. The number of aryl methyl sites for hydroxylation is 1. The van der Waals surface area contributed by atoms with E-state index in [1.54, 1.807) is 0 Å². The molecule has 1 unspecified atom stereocenters. The second kappa shape index (κ2) is 11.1. The second-order valence-corrected chi connectivity index (χ2v) is 19.4. The molecular formula is C28H45NOSi2. The van der Waals surface area contributed by atoms with Crippen LogP contribution in [0, 0.1) is 0 Å². The van der Waals surface area contributed by atoms with Crippen molar-refractivity contribution in [3.05, 3.63) is 77.9 Å². The standard InChI is InChI=1S/C28H45NOSi2/c1-10-29(11-2)32(9,30-31(7,8)28(4,5)6)23-15-16-25-19-21-27(22-20-25)24(3)26-17-13-12-14-18-26/h12-14,17-22H,3,10-11,15-16,23H2,1-2,4-9H3. The molecular weight excluding hydrogens is 422 g/mol. The number of nitrogens with zero attached hydrogens (tertiary/aromatic N) is 1. The summed E-state index contributed by atoms with van der Waals surface area (Å²) in [6.45, 7) is 25.3. The predicted octanol–water partition coefficient (Wildman–Crippen LogP) is 8.12. The second-order valence-electron chi connectivity index (χ2n) is 10.6. The van der Waals surface area contributed by atoms with Crippen LogP contribution in [0.1, 0.15) is 57.7 Å². The van der Waals surface area contributed by atoms with Gasteiger partial charge in [0, 0.05) is 0 Å². The highest BCUT2D eigenvalue weighted by Crippen LogP contribution is 2.40. The summed E-state index contributed by atoms with van der Waals surface area (Å²) >= 11 is 0. The van der Waals surface area contributed by atoms with Gasteiger partial charge in [-0.1, -0.05) is 95.8 Å². The van der Waals surface area contributed by atoms with Crippen LogP contribution in [-0.2, 0) is 10.5 Å². The molecule has 0 aliphatic carbocycles.